The predicted molar refractivity (Wildman–Crippen MR) is 73.1 cm³/mol. The molecule has 1 saturated carbocycles. The van der Waals surface area contributed by atoms with E-state index in [1.165, 1.54) is 0 Å². The van der Waals surface area contributed by atoms with Crippen LogP contribution >= 0.6 is 0 Å². The van der Waals surface area contributed by atoms with Gasteiger partial charge in [-0.3, -0.25) is 4.79 Å². The molecule has 2 rings (SSSR count). The third-order valence-electron chi connectivity index (χ3n) is 3.73. The molecule has 0 bridgehead atoms. The van der Waals surface area contributed by atoms with E-state index < -0.39 is 23.8 Å². The standard InChI is InChI=1S/C14H24N2O4/c1-14(2,3)20-13(19)15-11(9-5-4-6-9)12(18)16-7-10(17)8-16/h9-11,17H,4-8H2,1-3H3,(H,15,19)/t11-/m0/s1. The van der Waals surface area contributed by atoms with Gasteiger partial charge >= 0.3 is 6.09 Å². The molecule has 6 heteroatoms. The Hall–Kier alpha value is -1.30. The van der Waals surface area contributed by atoms with E-state index in [2.05, 4.69) is 5.32 Å². The van der Waals surface area contributed by atoms with Crippen molar-refractivity contribution in [2.45, 2.75) is 57.8 Å². The number of hydrogen-bond donors (Lipinski definition) is 2. The Morgan fingerprint density at radius 1 is 1.30 bits per heavy atom. The average molecular weight is 284 g/mol. The first-order valence-corrected chi connectivity index (χ1v) is 7.22. The van der Waals surface area contributed by atoms with E-state index in [0.29, 0.717) is 13.1 Å². The van der Waals surface area contributed by atoms with Crippen LogP contribution in [0.5, 0.6) is 0 Å². The summed E-state index contributed by atoms with van der Waals surface area (Å²) in [6.07, 6.45) is 2.00. The molecule has 2 fully saturated rings. The van der Waals surface area contributed by atoms with Crippen LogP contribution in [0.2, 0.25) is 0 Å². The summed E-state index contributed by atoms with van der Waals surface area (Å²) < 4.78 is 5.22. The van der Waals surface area contributed by atoms with E-state index in [9.17, 15) is 14.7 Å². The van der Waals surface area contributed by atoms with Gasteiger partial charge in [0.25, 0.3) is 0 Å². The lowest BCUT2D eigenvalue weighted by Crippen LogP contribution is -2.61. The summed E-state index contributed by atoms with van der Waals surface area (Å²) in [5, 5.41) is 12.0. The maximum Gasteiger partial charge on any atom is 0.408 e. The van der Waals surface area contributed by atoms with Crippen molar-refractivity contribution >= 4 is 12.0 Å². The molecular weight excluding hydrogens is 260 g/mol. The molecule has 1 aliphatic heterocycles. The summed E-state index contributed by atoms with van der Waals surface area (Å²) in [7, 11) is 0. The Balaban J connectivity index is 1.93. The van der Waals surface area contributed by atoms with Gasteiger partial charge in [0.15, 0.2) is 0 Å². The summed E-state index contributed by atoms with van der Waals surface area (Å²) in [6.45, 7) is 6.09. The number of aliphatic hydroxyl groups excluding tert-OH is 1. The van der Waals surface area contributed by atoms with Crippen molar-refractivity contribution in [3.05, 3.63) is 0 Å². The lowest BCUT2D eigenvalue weighted by Gasteiger charge is -2.41. The molecule has 114 valence electrons. The van der Waals surface area contributed by atoms with Gasteiger partial charge in [-0.1, -0.05) is 6.42 Å². The smallest absolute Gasteiger partial charge is 0.408 e. The minimum absolute atomic E-state index is 0.106. The zero-order valence-electron chi connectivity index (χ0n) is 12.4. The number of aliphatic hydroxyl groups is 1. The van der Waals surface area contributed by atoms with Crippen molar-refractivity contribution in [2.75, 3.05) is 13.1 Å². The Kier molecular flexibility index (Phi) is 4.22. The van der Waals surface area contributed by atoms with Crippen LogP contribution in [0.3, 0.4) is 0 Å². The van der Waals surface area contributed by atoms with E-state index in [1.54, 1.807) is 25.7 Å². The number of carbonyl (C=O) groups excluding carboxylic acids is 2. The second-order valence-corrected chi connectivity index (χ2v) is 6.71. The van der Waals surface area contributed by atoms with Crippen molar-refractivity contribution in [1.82, 2.24) is 10.2 Å². The lowest BCUT2D eigenvalue weighted by molar-refractivity contribution is -0.145. The quantitative estimate of drug-likeness (QED) is 0.806. The third kappa shape index (κ3) is 3.62. The van der Waals surface area contributed by atoms with E-state index in [-0.39, 0.29) is 11.8 Å². The van der Waals surface area contributed by atoms with Crippen molar-refractivity contribution in [3.8, 4) is 0 Å². The Bertz CT molecular complexity index is 381. The fourth-order valence-corrected chi connectivity index (χ4v) is 2.42. The van der Waals surface area contributed by atoms with Gasteiger partial charge in [0.05, 0.1) is 6.10 Å². The number of nitrogens with zero attached hydrogens (tertiary/aromatic N) is 1. The maximum absolute atomic E-state index is 12.4. The van der Waals surface area contributed by atoms with Crippen molar-refractivity contribution in [2.24, 2.45) is 5.92 Å². The number of hydrogen-bond acceptors (Lipinski definition) is 4. The zero-order valence-corrected chi connectivity index (χ0v) is 12.4. The highest BCUT2D eigenvalue weighted by Crippen LogP contribution is 2.31. The second-order valence-electron chi connectivity index (χ2n) is 6.71. The molecule has 0 unspecified atom stereocenters. The summed E-state index contributed by atoms with van der Waals surface area (Å²) in [5.41, 5.74) is -0.579. The normalized spacial score (nSPS) is 21.7. The van der Waals surface area contributed by atoms with Crippen LogP contribution in [-0.2, 0) is 9.53 Å². The molecule has 2 amide bonds. The van der Waals surface area contributed by atoms with Crippen LogP contribution in [0, 0.1) is 5.92 Å². The molecule has 1 saturated heterocycles. The van der Waals surface area contributed by atoms with Crippen LogP contribution in [0.4, 0.5) is 4.79 Å². The molecule has 2 aliphatic rings. The minimum atomic E-state index is -0.579. The number of rotatable bonds is 3. The molecule has 0 spiro atoms. The number of ether oxygens (including phenoxy) is 1. The molecule has 1 aliphatic carbocycles. The van der Waals surface area contributed by atoms with Gasteiger partial charge in [-0.05, 0) is 39.5 Å². The zero-order chi connectivity index (χ0) is 14.9. The molecule has 20 heavy (non-hydrogen) atoms. The first-order valence-electron chi connectivity index (χ1n) is 7.22. The Labute approximate surface area is 119 Å². The van der Waals surface area contributed by atoms with Crippen molar-refractivity contribution in [3.63, 3.8) is 0 Å². The number of nitrogens with one attached hydrogen (secondary N) is 1. The second kappa shape index (κ2) is 5.60. The molecule has 2 N–H and O–H groups in total. The van der Waals surface area contributed by atoms with Crippen LogP contribution in [0.15, 0.2) is 0 Å². The van der Waals surface area contributed by atoms with E-state index in [4.69, 9.17) is 4.74 Å². The first kappa shape index (κ1) is 15.1. The van der Waals surface area contributed by atoms with Gasteiger partial charge in [-0.25, -0.2) is 4.79 Å². The van der Waals surface area contributed by atoms with Crippen LogP contribution in [-0.4, -0.2) is 52.8 Å². The van der Waals surface area contributed by atoms with Gasteiger partial charge in [0.2, 0.25) is 5.91 Å². The number of carbonyl (C=O) groups is 2. The maximum atomic E-state index is 12.4. The lowest BCUT2D eigenvalue weighted by atomic mass is 9.79. The largest absolute Gasteiger partial charge is 0.444 e. The molecular formula is C14H24N2O4. The summed E-state index contributed by atoms with van der Waals surface area (Å²) >= 11 is 0. The summed E-state index contributed by atoms with van der Waals surface area (Å²) in [6, 6.07) is -0.522. The first-order chi connectivity index (χ1) is 9.26. The summed E-state index contributed by atoms with van der Waals surface area (Å²) in [5.74, 6) is 0.0821. The molecule has 1 heterocycles. The molecule has 0 radical (unpaired) electrons. The fourth-order valence-electron chi connectivity index (χ4n) is 2.42. The molecule has 0 aromatic rings. The highest BCUT2D eigenvalue weighted by atomic mass is 16.6. The van der Waals surface area contributed by atoms with E-state index in [0.717, 1.165) is 19.3 Å². The Morgan fingerprint density at radius 3 is 2.30 bits per heavy atom. The highest BCUT2D eigenvalue weighted by Gasteiger charge is 2.40. The topological polar surface area (TPSA) is 78.9 Å². The average Bonchev–Trinajstić information content (AvgIpc) is 2.17. The molecule has 0 aromatic heterocycles. The van der Waals surface area contributed by atoms with Crippen molar-refractivity contribution in [1.29, 1.82) is 0 Å². The number of likely N-dealkylation sites (tertiary alicyclic amines) is 1. The fraction of sp³-hybridized carbons (Fsp3) is 0.857. The van der Waals surface area contributed by atoms with Gasteiger partial charge in [-0.2, -0.15) is 0 Å². The third-order valence-corrected chi connectivity index (χ3v) is 3.73. The van der Waals surface area contributed by atoms with Crippen LogP contribution in [0.25, 0.3) is 0 Å². The minimum Gasteiger partial charge on any atom is -0.444 e. The van der Waals surface area contributed by atoms with Crippen LogP contribution in [0.1, 0.15) is 40.0 Å². The SMILES string of the molecule is CC(C)(C)OC(=O)N[C@H](C(=O)N1CC(O)C1)C1CCC1. The van der Waals surface area contributed by atoms with E-state index >= 15 is 0 Å². The molecule has 0 aromatic carbocycles. The number of β-amino-alcohol motifs (C(OH)–C–C–N with tert-alkyl or cyclic N) is 1. The molecule has 6 nitrogen and oxygen atoms in total. The predicted octanol–water partition coefficient (Wildman–Crippen LogP) is 0.883. The monoisotopic (exact) mass is 284 g/mol. The number of alkyl carbamates (subject to hydrolysis) is 1. The number of amides is 2. The van der Waals surface area contributed by atoms with Gasteiger partial charge < -0.3 is 20.1 Å². The van der Waals surface area contributed by atoms with E-state index in [1.807, 2.05) is 0 Å². The van der Waals surface area contributed by atoms with Gasteiger partial charge in [-0.15, -0.1) is 0 Å². The highest BCUT2D eigenvalue weighted by molar-refractivity contribution is 5.86. The van der Waals surface area contributed by atoms with Crippen molar-refractivity contribution < 1.29 is 19.4 Å². The van der Waals surface area contributed by atoms with Gasteiger partial charge in [0.1, 0.15) is 11.6 Å². The van der Waals surface area contributed by atoms with Gasteiger partial charge in [0, 0.05) is 13.1 Å². The Morgan fingerprint density at radius 2 is 1.90 bits per heavy atom. The summed E-state index contributed by atoms with van der Waals surface area (Å²) in [4.78, 5) is 25.8. The molecule has 1 atom stereocenters. The van der Waals surface area contributed by atoms with Crippen LogP contribution < -0.4 is 5.32 Å².